The van der Waals surface area contributed by atoms with Gasteiger partial charge in [0.2, 0.25) is 0 Å². The Hall–Kier alpha value is -0.280. The lowest BCUT2D eigenvalue weighted by molar-refractivity contribution is 0.189. The SMILES string of the molecule is O=S(=O)(F)CCOCS(=O)(=O)F. The zero-order chi connectivity index (χ0) is 9.83. The first kappa shape index (κ1) is 11.7. The Morgan fingerprint density at radius 1 is 1.00 bits per heavy atom. The first-order chi connectivity index (χ1) is 5.21. The van der Waals surface area contributed by atoms with Gasteiger partial charge in [-0.1, -0.05) is 0 Å². The molecule has 0 aromatic heterocycles. The van der Waals surface area contributed by atoms with Gasteiger partial charge in [0, 0.05) is 0 Å². The van der Waals surface area contributed by atoms with Crippen LogP contribution < -0.4 is 0 Å². The summed E-state index contributed by atoms with van der Waals surface area (Å²) in [5, 5.41) is 0. The second-order valence-electron chi connectivity index (χ2n) is 1.81. The van der Waals surface area contributed by atoms with Gasteiger partial charge in [-0.2, -0.15) is 16.8 Å². The Labute approximate surface area is 68.8 Å². The summed E-state index contributed by atoms with van der Waals surface area (Å²) in [6.07, 6.45) is 0. The maximum absolute atomic E-state index is 11.7. The van der Waals surface area contributed by atoms with Crippen LogP contribution in [0.25, 0.3) is 0 Å². The number of hydrogen-bond donors (Lipinski definition) is 0. The second-order valence-corrected chi connectivity index (χ2v) is 4.61. The summed E-state index contributed by atoms with van der Waals surface area (Å²) in [6, 6.07) is 0. The zero-order valence-corrected chi connectivity index (χ0v) is 7.37. The molecule has 0 radical (unpaired) electrons. The number of halogens is 2. The monoisotopic (exact) mass is 224 g/mol. The average molecular weight is 224 g/mol. The van der Waals surface area contributed by atoms with Crippen molar-refractivity contribution < 1.29 is 29.3 Å². The third kappa shape index (κ3) is 9.72. The molecule has 0 aromatic rings. The largest absolute Gasteiger partial charge is 0.362 e. The molecule has 0 spiro atoms. The summed E-state index contributed by atoms with van der Waals surface area (Å²) in [7, 11) is -9.47. The molecule has 0 bridgehead atoms. The van der Waals surface area contributed by atoms with Crippen LogP contribution in [0.4, 0.5) is 7.77 Å². The molecule has 5 nitrogen and oxygen atoms in total. The summed E-state index contributed by atoms with van der Waals surface area (Å²) in [6.45, 7) is -0.692. The van der Waals surface area contributed by atoms with Gasteiger partial charge < -0.3 is 4.74 Å². The molecule has 0 unspecified atom stereocenters. The van der Waals surface area contributed by atoms with Gasteiger partial charge >= 0.3 is 20.4 Å². The average Bonchev–Trinajstić information content (AvgIpc) is 1.76. The van der Waals surface area contributed by atoms with E-state index in [2.05, 4.69) is 4.74 Å². The van der Waals surface area contributed by atoms with Crippen LogP contribution in [-0.4, -0.2) is 35.1 Å². The third-order valence-electron chi connectivity index (χ3n) is 0.696. The molecule has 0 aliphatic rings. The minimum absolute atomic E-state index is 0.692. The van der Waals surface area contributed by atoms with E-state index < -0.39 is 38.7 Å². The van der Waals surface area contributed by atoms with Gasteiger partial charge in [-0.05, 0) is 0 Å². The van der Waals surface area contributed by atoms with Gasteiger partial charge in [-0.25, -0.2) is 0 Å². The minimum atomic E-state index is -4.78. The molecule has 0 rings (SSSR count). The van der Waals surface area contributed by atoms with Crippen molar-refractivity contribution >= 4 is 20.4 Å². The molecule has 0 aromatic carbocycles. The lowest BCUT2D eigenvalue weighted by Crippen LogP contribution is -2.11. The summed E-state index contributed by atoms with van der Waals surface area (Å²) < 4.78 is 66.2. The third-order valence-corrected chi connectivity index (χ3v) is 1.80. The van der Waals surface area contributed by atoms with E-state index in [1.54, 1.807) is 0 Å². The predicted molar refractivity (Wildman–Crippen MR) is 35.7 cm³/mol. The second kappa shape index (κ2) is 4.10. The predicted octanol–water partition coefficient (Wildman–Crippen LogP) is -0.441. The summed E-state index contributed by atoms with van der Waals surface area (Å²) in [5.74, 6) is -2.24. The normalized spacial score (nSPS) is 13.2. The van der Waals surface area contributed by atoms with Gasteiger partial charge in [0.1, 0.15) is 5.75 Å². The Morgan fingerprint density at radius 2 is 1.50 bits per heavy atom. The van der Waals surface area contributed by atoms with Gasteiger partial charge in [0.25, 0.3) is 0 Å². The van der Waals surface area contributed by atoms with E-state index in [-0.39, 0.29) is 0 Å². The van der Waals surface area contributed by atoms with E-state index in [9.17, 15) is 24.6 Å². The topological polar surface area (TPSA) is 77.5 Å². The van der Waals surface area contributed by atoms with E-state index in [0.29, 0.717) is 0 Å². The van der Waals surface area contributed by atoms with Crippen LogP contribution in [-0.2, 0) is 25.2 Å². The van der Waals surface area contributed by atoms with Crippen LogP contribution in [0.15, 0.2) is 0 Å². The van der Waals surface area contributed by atoms with E-state index >= 15 is 0 Å². The van der Waals surface area contributed by atoms with Crippen LogP contribution in [0.1, 0.15) is 0 Å². The Kier molecular flexibility index (Phi) is 4.00. The molecule has 0 N–H and O–H groups in total. The maximum atomic E-state index is 11.7. The van der Waals surface area contributed by atoms with Crippen LogP contribution in [0, 0.1) is 0 Å². The van der Waals surface area contributed by atoms with Gasteiger partial charge in [-0.15, -0.1) is 7.77 Å². The molecule has 74 valence electrons. The van der Waals surface area contributed by atoms with E-state index in [1.165, 1.54) is 0 Å². The summed E-state index contributed by atoms with van der Waals surface area (Å²) in [5.41, 5.74) is 0. The highest BCUT2D eigenvalue weighted by Crippen LogP contribution is 1.94. The Bertz CT molecular complexity index is 283. The molecular formula is C3H6F2O5S2. The fourth-order valence-electron chi connectivity index (χ4n) is 0.317. The number of ether oxygens (including phenoxy) is 1. The van der Waals surface area contributed by atoms with E-state index in [4.69, 9.17) is 0 Å². The fraction of sp³-hybridized carbons (Fsp3) is 1.00. The molecule has 0 aliphatic carbocycles. The molecule has 0 atom stereocenters. The smallest absolute Gasteiger partial charge is 0.326 e. The molecule has 0 saturated carbocycles. The fourth-order valence-corrected chi connectivity index (χ4v) is 0.951. The van der Waals surface area contributed by atoms with Crippen molar-refractivity contribution in [2.75, 3.05) is 18.3 Å². The highest BCUT2D eigenvalue weighted by atomic mass is 32.3. The Balaban J connectivity index is 3.62. The van der Waals surface area contributed by atoms with Crippen molar-refractivity contribution in [3.05, 3.63) is 0 Å². The first-order valence-electron chi connectivity index (χ1n) is 2.63. The number of hydrogen-bond acceptors (Lipinski definition) is 5. The van der Waals surface area contributed by atoms with Gasteiger partial charge in [0.05, 0.1) is 6.61 Å². The van der Waals surface area contributed by atoms with E-state index in [1.807, 2.05) is 0 Å². The van der Waals surface area contributed by atoms with Crippen molar-refractivity contribution in [2.24, 2.45) is 0 Å². The zero-order valence-electron chi connectivity index (χ0n) is 5.73. The van der Waals surface area contributed by atoms with Crippen molar-refractivity contribution in [1.82, 2.24) is 0 Å². The molecule has 0 heterocycles. The lowest BCUT2D eigenvalue weighted by atomic mass is 10.9. The molecule has 9 heteroatoms. The van der Waals surface area contributed by atoms with Gasteiger partial charge in [0.15, 0.2) is 5.94 Å². The first-order valence-corrected chi connectivity index (χ1v) is 5.74. The molecule has 12 heavy (non-hydrogen) atoms. The highest BCUT2D eigenvalue weighted by Gasteiger charge is 2.10. The van der Waals surface area contributed by atoms with Crippen LogP contribution in [0.3, 0.4) is 0 Å². The molecule has 0 saturated heterocycles. The minimum Gasteiger partial charge on any atom is -0.362 e. The maximum Gasteiger partial charge on any atom is 0.326 e. The van der Waals surface area contributed by atoms with E-state index in [0.717, 1.165) is 0 Å². The highest BCUT2D eigenvalue weighted by molar-refractivity contribution is 7.86. The Morgan fingerprint density at radius 3 is 1.83 bits per heavy atom. The van der Waals surface area contributed by atoms with Crippen LogP contribution >= 0.6 is 0 Å². The van der Waals surface area contributed by atoms with Gasteiger partial charge in [-0.3, -0.25) is 0 Å². The van der Waals surface area contributed by atoms with Crippen molar-refractivity contribution in [2.45, 2.75) is 0 Å². The molecule has 0 amide bonds. The number of rotatable bonds is 5. The van der Waals surface area contributed by atoms with Crippen LogP contribution in [0.5, 0.6) is 0 Å². The standard InChI is InChI=1S/C3H6F2O5S2/c4-11(6,7)2-1-10-3-12(5,8)9/h1-3H2. The molecule has 0 fully saturated rings. The molecular weight excluding hydrogens is 218 g/mol. The summed E-state index contributed by atoms with van der Waals surface area (Å²) in [4.78, 5) is 0. The van der Waals surface area contributed by atoms with Crippen molar-refractivity contribution in [3.8, 4) is 0 Å². The summed E-state index contributed by atoms with van der Waals surface area (Å²) >= 11 is 0. The lowest BCUT2D eigenvalue weighted by Gasteiger charge is -1.96. The molecule has 0 aliphatic heterocycles. The quantitative estimate of drug-likeness (QED) is 0.467. The van der Waals surface area contributed by atoms with Crippen LogP contribution in [0.2, 0.25) is 0 Å². The van der Waals surface area contributed by atoms with Crippen molar-refractivity contribution in [3.63, 3.8) is 0 Å². The van der Waals surface area contributed by atoms with Crippen molar-refractivity contribution in [1.29, 1.82) is 0 Å².